The highest BCUT2D eigenvalue weighted by molar-refractivity contribution is 6.23. The first-order valence-electron chi connectivity index (χ1n) is 17.8. The van der Waals surface area contributed by atoms with Gasteiger partial charge in [0, 0.05) is 74.5 Å². The number of halogens is 3. The fraction of sp³-hybridized carbons (Fsp3) is 0.432. The highest BCUT2D eigenvalue weighted by Gasteiger charge is 2.44. The van der Waals surface area contributed by atoms with Crippen LogP contribution < -0.4 is 20.9 Å². The molecule has 278 valence electrons. The van der Waals surface area contributed by atoms with Crippen LogP contribution in [-0.4, -0.2) is 107 Å². The smallest absolute Gasteiger partial charge is 0.388 e. The number of piperidine rings is 1. The van der Waals surface area contributed by atoms with E-state index in [0.717, 1.165) is 36.3 Å². The Bertz CT molecular complexity index is 1970. The third-order valence-electron chi connectivity index (χ3n) is 10.4. The Morgan fingerprint density at radius 3 is 2.49 bits per heavy atom. The highest BCUT2D eigenvalue weighted by atomic mass is 19.4. The zero-order valence-corrected chi connectivity index (χ0v) is 28.9. The number of fused-ring (bicyclic) bond motifs is 2. The van der Waals surface area contributed by atoms with E-state index in [4.69, 9.17) is 10.4 Å². The molecule has 2 saturated heterocycles. The fourth-order valence-corrected chi connectivity index (χ4v) is 7.46. The Balaban J connectivity index is 0.860. The summed E-state index contributed by atoms with van der Waals surface area (Å²) in [6.07, 6.45) is 4.53. The molecular formula is C37H40F3N9O4. The number of carbonyl (C=O) groups excluding carboxylic acids is 4. The van der Waals surface area contributed by atoms with Crippen LogP contribution in [0.5, 0.6) is 0 Å². The van der Waals surface area contributed by atoms with Crippen molar-refractivity contribution >= 4 is 57.8 Å². The molecule has 7 rings (SSSR count). The maximum absolute atomic E-state index is 13.1. The molecular weight excluding hydrogens is 691 g/mol. The van der Waals surface area contributed by atoms with Crippen LogP contribution in [0.4, 0.5) is 24.5 Å². The van der Waals surface area contributed by atoms with Gasteiger partial charge in [0.05, 0.1) is 40.6 Å². The van der Waals surface area contributed by atoms with Crippen LogP contribution in [0.3, 0.4) is 0 Å². The third-order valence-corrected chi connectivity index (χ3v) is 10.4. The number of amides is 4. The summed E-state index contributed by atoms with van der Waals surface area (Å²) in [4.78, 5) is 63.6. The molecule has 3 fully saturated rings. The molecule has 1 aliphatic carbocycles. The lowest BCUT2D eigenvalue weighted by Crippen LogP contribution is -2.54. The second-order valence-electron chi connectivity index (χ2n) is 14.0. The van der Waals surface area contributed by atoms with E-state index in [-0.39, 0.29) is 30.0 Å². The minimum atomic E-state index is -4.21. The molecule has 4 N–H and O–H groups in total. The van der Waals surface area contributed by atoms with E-state index < -0.39 is 42.4 Å². The van der Waals surface area contributed by atoms with Crippen LogP contribution in [0.25, 0.3) is 16.6 Å². The van der Waals surface area contributed by atoms with Crippen molar-refractivity contribution in [1.29, 1.82) is 5.41 Å². The Hall–Kier alpha value is -5.38. The van der Waals surface area contributed by atoms with Crippen molar-refractivity contribution in [2.75, 3.05) is 49.5 Å². The maximum atomic E-state index is 13.1. The molecule has 0 bridgehead atoms. The van der Waals surface area contributed by atoms with Crippen LogP contribution in [0.15, 0.2) is 48.8 Å². The zero-order chi connectivity index (χ0) is 37.3. The maximum Gasteiger partial charge on any atom is 0.401 e. The summed E-state index contributed by atoms with van der Waals surface area (Å²) in [5, 5.41) is 16.9. The van der Waals surface area contributed by atoms with Crippen LogP contribution in [0.1, 0.15) is 64.9 Å². The van der Waals surface area contributed by atoms with Gasteiger partial charge in [-0.2, -0.15) is 13.2 Å². The summed E-state index contributed by atoms with van der Waals surface area (Å²) in [6.45, 7) is 1.40. The number of aromatic nitrogens is 2. The summed E-state index contributed by atoms with van der Waals surface area (Å²) in [7, 11) is 0. The first kappa shape index (κ1) is 36.0. The van der Waals surface area contributed by atoms with Crippen molar-refractivity contribution in [3.8, 4) is 0 Å². The molecule has 3 aromatic rings. The van der Waals surface area contributed by atoms with E-state index in [0.29, 0.717) is 66.6 Å². The molecule has 0 spiro atoms. The van der Waals surface area contributed by atoms with Gasteiger partial charge in [0.25, 0.3) is 11.8 Å². The second-order valence-corrected chi connectivity index (χ2v) is 14.0. The molecule has 1 unspecified atom stereocenters. The monoisotopic (exact) mass is 731 g/mol. The normalized spacial score (nSPS) is 22.5. The molecule has 0 radical (unpaired) electrons. The lowest BCUT2D eigenvalue weighted by atomic mass is 9.77. The van der Waals surface area contributed by atoms with Gasteiger partial charge in [-0.3, -0.25) is 39.3 Å². The number of piperazine rings is 1. The number of hydrogen-bond acceptors (Lipinski definition) is 11. The van der Waals surface area contributed by atoms with Gasteiger partial charge >= 0.3 is 6.18 Å². The lowest BCUT2D eigenvalue weighted by Gasteiger charge is -2.36. The summed E-state index contributed by atoms with van der Waals surface area (Å²) in [6, 6.07) is 9.92. The van der Waals surface area contributed by atoms with Crippen molar-refractivity contribution in [2.24, 2.45) is 5.92 Å². The quantitative estimate of drug-likeness (QED) is 0.122. The van der Waals surface area contributed by atoms with Crippen LogP contribution in [0, 0.1) is 11.3 Å². The molecule has 3 aliphatic heterocycles. The van der Waals surface area contributed by atoms with Gasteiger partial charge in [0.1, 0.15) is 6.04 Å². The molecule has 2 aromatic carbocycles. The minimum Gasteiger partial charge on any atom is -0.388 e. The van der Waals surface area contributed by atoms with Gasteiger partial charge in [0.2, 0.25) is 11.8 Å². The zero-order valence-electron chi connectivity index (χ0n) is 28.9. The van der Waals surface area contributed by atoms with E-state index in [9.17, 15) is 32.3 Å². The number of nitrogens with one attached hydrogen (secondary N) is 4. The Kier molecular flexibility index (Phi) is 10.1. The van der Waals surface area contributed by atoms with E-state index in [2.05, 4.69) is 25.8 Å². The number of imide groups is 2. The number of carbonyl (C=O) groups is 4. The van der Waals surface area contributed by atoms with Crippen LogP contribution >= 0.6 is 0 Å². The topological polar surface area (TPSA) is 164 Å². The number of nitrogens with zero attached hydrogens (tertiary/aromatic N) is 5. The minimum absolute atomic E-state index is 0.0714. The fourth-order valence-electron chi connectivity index (χ4n) is 7.46. The van der Waals surface area contributed by atoms with E-state index in [1.807, 2.05) is 18.2 Å². The summed E-state index contributed by atoms with van der Waals surface area (Å²) < 4.78 is 38.4. The molecule has 1 saturated carbocycles. The van der Waals surface area contributed by atoms with Crippen LogP contribution in [0.2, 0.25) is 0 Å². The number of anilines is 2. The van der Waals surface area contributed by atoms with E-state index >= 15 is 0 Å². The van der Waals surface area contributed by atoms with Gasteiger partial charge in [-0.15, -0.1) is 0 Å². The largest absolute Gasteiger partial charge is 0.401 e. The molecule has 16 heteroatoms. The Morgan fingerprint density at radius 2 is 1.75 bits per heavy atom. The van der Waals surface area contributed by atoms with Gasteiger partial charge in [-0.05, 0) is 74.4 Å². The third kappa shape index (κ3) is 8.01. The van der Waals surface area contributed by atoms with Crippen molar-refractivity contribution in [3.05, 3.63) is 65.6 Å². The van der Waals surface area contributed by atoms with Crippen molar-refractivity contribution in [1.82, 2.24) is 30.4 Å². The first-order valence-corrected chi connectivity index (χ1v) is 17.8. The first-order chi connectivity index (χ1) is 25.5. The highest BCUT2D eigenvalue weighted by Crippen LogP contribution is 2.33. The van der Waals surface area contributed by atoms with Crippen molar-refractivity contribution < 1.29 is 32.3 Å². The molecule has 4 aliphatic rings. The summed E-state index contributed by atoms with van der Waals surface area (Å²) in [5.41, 5.74) is 4.57. The van der Waals surface area contributed by atoms with Gasteiger partial charge in [-0.25, -0.2) is 4.98 Å². The number of benzene rings is 2. The number of alkyl halides is 3. The average Bonchev–Trinajstić information content (AvgIpc) is 3.36. The Morgan fingerprint density at radius 1 is 0.981 bits per heavy atom. The van der Waals surface area contributed by atoms with Gasteiger partial charge in [0.15, 0.2) is 0 Å². The van der Waals surface area contributed by atoms with Crippen molar-refractivity contribution in [3.63, 3.8) is 0 Å². The van der Waals surface area contributed by atoms with Gasteiger partial charge in [-0.1, -0.05) is 0 Å². The van der Waals surface area contributed by atoms with E-state index in [1.165, 1.54) is 11.1 Å². The second kappa shape index (κ2) is 14.9. The molecule has 13 nitrogen and oxygen atoms in total. The molecule has 53 heavy (non-hydrogen) atoms. The van der Waals surface area contributed by atoms with E-state index in [1.54, 1.807) is 30.6 Å². The predicted octanol–water partition coefficient (Wildman–Crippen LogP) is 3.97. The van der Waals surface area contributed by atoms with Crippen molar-refractivity contribution in [2.45, 2.75) is 56.8 Å². The average molecular weight is 732 g/mol. The SMILES string of the molecule is N=C/C(=C\NC1CC(CCCNc2ccc3c(c2)C(=O)N(C2CCC(=O)NC2=O)C3=O)C1)c1cnc2ccc(N3CCN(CC(F)(F)F)CC3)cc2n1. The lowest BCUT2D eigenvalue weighted by molar-refractivity contribution is -0.146. The van der Waals surface area contributed by atoms with Crippen LogP contribution in [-0.2, 0) is 9.59 Å². The molecule has 1 atom stereocenters. The number of allylic oxidation sites excluding steroid dienone is 1. The molecule has 1 aromatic heterocycles. The number of rotatable bonds is 12. The van der Waals surface area contributed by atoms with Gasteiger partial charge < -0.3 is 20.9 Å². The summed E-state index contributed by atoms with van der Waals surface area (Å²) in [5.74, 6) is -1.56. The Labute approximate surface area is 303 Å². The predicted molar refractivity (Wildman–Crippen MR) is 191 cm³/mol. The standard InChI is InChI=1S/C37H40F3N9O4/c38-37(39,40)21-47-10-12-48(13-11-47)26-4-6-29-30(17-26)45-31(20-44-29)23(18-41)19-43-25-14-22(15-25)2-1-9-42-24-3-5-27-28(16-24)36(53)49(35(27)52)32-7-8-33(50)46-34(32)51/h3-6,16-20,22,25,32,41-43H,1-2,7-15,21H2,(H,46,50,51)/b23-19+,41-18?. The molecule has 4 heterocycles. The number of hydrogen-bond donors (Lipinski definition) is 4. The molecule has 4 amide bonds. The summed E-state index contributed by atoms with van der Waals surface area (Å²) >= 11 is 0.